The summed E-state index contributed by atoms with van der Waals surface area (Å²) in [5, 5.41) is 5.36. The molecule has 31 heavy (non-hydrogen) atoms. The van der Waals surface area contributed by atoms with Gasteiger partial charge in [0, 0.05) is 17.3 Å². The number of rotatable bonds is 4. The molecule has 2 N–H and O–H groups in total. The van der Waals surface area contributed by atoms with Crippen molar-refractivity contribution in [1.29, 1.82) is 0 Å². The summed E-state index contributed by atoms with van der Waals surface area (Å²) in [6.45, 7) is 3.78. The van der Waals surface area contributed by atoms with Crippen molar-refractivity contribution in [3.8, 4) is 11.5 Å². The molecule has 0 aliphatic carbocycles. The Bertz CT molecular complexity index is 1320. The van der Waals surface area contributed by atoms with Crippen LogP contribution in [-0.4, -0.2) is 20.7 Å². The molecule has 2 aromatic heterocycles. The molecule has 0 unspecified atom stereocenters. The van der Waals surface area contributed by atoms with E-state index in [4.69, 9.17) is 4.42 Å². The van der Waals surface area contributed by atoms with Crippen molar-refractivity contribution in [3.05, 3.63) is 70.3 Å². The number of carbonyl (C=O) groups is 1. The molecule has 1 amide bonds. The lowest BCUT2D eigenvalue weighted by atomic mass is 10.2. The van der Waals surface area contributed by atoms with E-state index < -0.39 is 23.5 Å². The number of H-pyrrole nitrogens is 1. The number of hydrogen-bond donors (Lipinski definition) is 2. The number of benzene rings is 2. The van der Waals surface area contributed by atoms with E-state index in [9.17, 15) is 22.8 Å². The highest BCUT2D eigenvalue weighted by molar-refractivity contribution is 6.04. The van der Waals surface area contributed by atoms with Crippen LogP contribution >= 0.6 is 0 Å². The van der Waals surface area contributed by atoms with Gasteiger partial charge in [-0.05, 0) is 44.2 Å². The summed E-state index contributed by atoms with van der Waals surface area (Å²) in [5.74, 6) is -2.91. The first kappa shape index (κ1) is 20.5. The highest BCUT2D eigenvalue weighted by Gasteiger charge is 2.42. The molecule has 0 saturated heterocycles. The van der Waals surface area contributed by atoms with Crippen LogP contribution in [0.3, 0.4) is 0 Å². The summed E-state index contributed by atoms with van der Waals surface area (Å²) in [6, 6.07) is 12.5. The van der Waals surface area contributed by atoms with Crippen LogP contribution in [0.5, 0.6) is 0 Å². The Labute approximate surface area is 173 Å². The average molecular weight is 430 g/mol. The topological polar surface area (TPSA) is 92.9 Å². The zero-order valence-corrected chi connectivity index (χ0v) is 16.4. The van der Waals surface area contributed by atoms with Gasteiger partial charge in [-0.15, -0.1) is 0 Å². The van der Waals surface area contributed by atoms with E-state index in [1.54, 1.807) is 28.9 Å². The molecule has 0 aliphatic heterocycles. The highest BCUT2D eigenvalue weighted by Crippen LogP contribution is 2.35. The van der Waals surface area contributed by atoms with Gasteiger partial charge >= 0.3 is 6.18 Å². The third-order valence-electron chi connectivity index (χ3n) is 4.62. The van der Waals surface area contributed by atoms with Crippen LogP contribution in [0.1, 0.15) is 36.1 Å². The van der Waals surface area contributed by atoms with Crippen LogP contribution in [0.15, 0.2) is 57.7 Å². The summed E-state index contributed by atoms with van der Waals surface area (Å²) in [6.07, 6.45) is -4.91. The third-order valence-corrected chi connectivity index (χ3v) is 4.62. The van der Waals surface area contributed by atoms with E-state index in [0.717, 1.165) is 0 Å². The van der Waals surface area contributed by atoms with Crippen molar-refractivity contribution < 1.29 is 22.4 Å². The van der Waals surface area contributed by atoms with Gasteiger partial charge in [-0.1, -0.05) is 18.2 Å². The van der Waals surface area contributed by atoms with E-state index in [0.29, 0.717) is 16.5 Å². The van der Waals surface area contributed by atoms with Crippen molar-refractivity contribution in [1.82, 2.24) is 14.8 Å². The van der Waals surface area contributed by atoms with Gasteiger partial charge in [0.2, 0.25) is 11.7 Å². The Hall–Kier alpha value is -3.82. The molecule has 0 saturated carbocycles. The number of fused-ring (bicyclic) bond motifs is 1. The van der Waals surface area contributed by atoms with Gasteiger partial charge in [-0.25, -0.2) is 4.98 Å². The average Bonchev–Trinajstić information content (AvgIpc) is 3.31. The molecule has 7 nitrogen and oxygen atoms in total. The van der Waals surface area contributed by atoms with E-state index >= 15 is 0 Å². The number of aromatic amines is 1. The second-order valence-corrected chi connectivity index (χ2v) is 7.15. The Morgan fingerprint density at radius 2 is 1.87 bits per heavy atom. The molecule has 160 valence electrons. The minimum Gasteiger partial charge on any atom is -0.431 e. The largest absolute Gasteiger partial charge is 0.452 e. The second kappa shape index (κ2) is 7.46. The van der Waals surface area contributed by atoms with Gasteiger partial charge < -0.3 is 9.73 Å². The molecule has 0 bridgehead atoms. The fourth-order valence-corrected chi connectivity index (χ4v) is 3.20. The first-order valence-corrected chi connectivity index (χ1v) is 9.34. The van der Waals surface area contributed by atoms with Gasteiger partial charge in [0.1, 0.15) is 0 Å². The molecule has 0 aliphatic rings. The monoisotopic (exact) mass is 430 g/mol. The van der Waals surface area contributed by atoms with Crippen molar-refractivity contribution in [3.63, 3.8) is 0 Å². The van der Waals surface area contributed by atoms with Crippen LogP contribution in [0, 0.1) is 0 Å². The zero-order chi connectivity index (χ0) is 22.3. The van der Waals surface area contributed by atoms with Crippen LogP contribution in [0.2, 0.25) is 0 Å². The maximum Gasteiger partial charge on any atom is 0.452 e. The van der Waals surface area contributed by atoms with Crippen LogP contribution in [-0.2, 0) is 6.18 Å². The smallest absolute Gasteiger partial charge is 0.431 e. The van der Waals surface area contributed by atoms with Gasteiger partial charge in [0.25, 0.3) is 11.5 Å². The highest BCUT2D eigenvalue weighted by atomic mass is 19.4. The Morgan fingerprint density at radius 3 is 2.52 bits per heavy atom. The molecular weight excluding hydrogens is 413 g/mol. The fraction of sp³-hybridized carbons (Fsp3) is 0.190. The lowest BCUT2D eigenvalue weighted by molar-refractivity contribution is -0.153. The Morgan fingerprint density at radius 1 is 1.16 bits per heavy atom. The minimum absolute atomic E-state index is 0.00785. The van der Waals surface area contributed by atoms with Crippen molar-refractivity contribution in [2.24, 2.45) is 0 Å². The maximum absolute atomic E-state index is 13.5. The lowest BCUT2D eigenvalue weighted by Crippen LogP contribution is -2.18. The number of hydrogen-bond acceptors (Lipinski definition) is 4. The molecule has 10 heteroatoms. The number of halogens is 3. The summed E-state index contributed by atoms with van der Waals surface area (Å²) in [4.78, 5) is 28.6. The fourth-order valence-electron chi connectivity index (χ4n) is 3.20. The SMILES string of the molecule is CC(C)n1[nH]c(=O)c2cc(NC(=O)c3nc(-c4ccccc4)oc3C(F)(F)F)ccc21. The quantitative estimate of drug-likeness (QED) is 0.485. The Kier molecular flexibility index (Phi) is 4.92. The normalized spacial score (nSPS) is 11.9. The summed E-state index contributed by atoms with van der Waals surface area (Å²) < 4.78 is 46.9. The van der Waals surface area contributed by atoms with E-state index in [1.807, 2.05) is 13.8 Å². The first-order valence-electron chi connectivity index (χ1n) is 9.34. The number of aromatic nitrogens is 3. The molecule has 0 fully saturated rings. The predicted molar refractivity (Wildman–Crippen MR) is 108 cm³/mol. The van der Waals surface area contributed by atoms with Crippen LogP contribution in [0.4, 0.5) is 18.9 Å². The molecule has 2 aromatic carbocycles. The molecule has 0 radical (unpaired) electrons. The number of anilines is 1. The van der Waals surface area contributed by atoms with Gasteiger partial charge in [-0.3, -0.25) is 19.4 Å². The number of nitrogens with one attached hydrogen (secondary N) is 2. The summed E-state index contributed by atoms with van der Waals surface area (Å²) in [5.41, 5.74) is -0.192. The molecule has 0 spiro atoms. The standard InChI is InChI=1S/C21H17F3N4O3/c1-11(2)28-15-9-8-13(10-14(15)18(29)27-28)25-19(30)16-17(21(22,23)24)31-20(26-16)12-6-4-3-5-7-12/h3-11H,1-2H3,(H,25,30)(H,27,29). The first-order chi connectivity index (χ1) is 14.6. The number of amides is 1. The number of alkyl halides is 3. The van der Waals surface area contributed by atoms with Crippen molar-refractivity contribution >= 4 is 22.5 Å². The Balaban J connectivity index is 1.71. The summed E-state index contributed by atoms with van der Waals surface area (Å²) in [7, 11) is 0. The molecule has 2 heterocycles. The third kappa shape index (κ3) is 3.83. The number of nitrogens with zero attached hydrogens (tertiary/aromatic N) is 2. The molecule has 4 aromatic rings. The molecule has 0 atom stereocenters. The van der Waals surface area contributed by atoms with E-state index in [1.165, 1.54) is 24.3 Å². The lowest BCUT2D eigenvalue weighted by Gasteiger charge is -2.09. The summed E-state index contributed by atoms with van der Waals surface area (Å²) >= 11 is 0. The van der Waals surface area contributed by atoms with Crippen molar-refractivity contribution in [2.75, 3.05) is 5.32 Å². The molecular formula is C21H17F3N4O3. The second-order valence-electron chi connectivity index (χ2n) is 7.15. The maximum atomic E-state index is 13.5. The van der Waals surface area contributed by atoms with E-state index in [2.05, 4.69) is 15.4 Å². The van der Waals surface area contributed by atoms with Gasteiger partial charge in [-0.2, -0.15) is 13.2 Å². The minimum atomic E-state index is -4.91. The van der Waals surface area contributed by atoms with Crippen molar-refractivity contribution in [2.45, 2.75) is 26.1 Å². The van der Waals surface area contributed by atoms with E-state index in [-0.39, 0.29) is 23.2 Å². The van der Waals surface area contributed by atoms with Gasteiger partial charge in [0.05, 0.1) is 10.9 Å². The number of oxazole rings is 1. The molecule has 4 rings (SSSR count). The zero-order valence-electron chi connectivity index (χ0n) is 16.4. The number of carbonyl (C=O) groups excluding carboxylic acids is 1. The van der Waals surface area contributed by atoms with Crippen LogP contribution in [0.25, 0.3) is 22.4 Å². The van der Waals surface area contributed by atoms with Gasteiger partial charge in [0.15, 0.2) is 5.69 Å². The van der Waals surface area contributed by atoms with Crippen LogP contribution < -0.4 is 10.9 Å². The predicted octanol–water partition coefficient (Wildman–Crippen LogP) is 4.84.